The van der Waals surface area contributed by atoms with Gasteiger partial charge in [-0.2, -0.15) is 5.26 Å². The van der Waals surface area contributed by atoms with Crippen molar-refractivity contribution in [2.75, 3.05) is 25.6 Å². The predicted octanol–water partition coefficient (Wildman–Crippen LogP) is 2.01. The quantitative estimate of drug-likeness (QED) is 0.752. The number of anilines is 1. The zero-order valence-electron chi connectivity index (χ0n) is 11.3. The lowest BCUT2D eigenvalue weighted by Gasteiger charge is -2.14. The van der Waals surface area contributed by atoms with Gasteiger partial charge in [0.2, 0.25) is 5.88 Å². The van der Waals surface area contributed by atoms with Crippen LogP contribution in [0.2, 0.25) is 0 Å². The fourth-order valence-corrected chi connectivity index (χ4v) is 1.69. The number of nitriles is 1. The summed E-state index contributed by atoms with van der Waals surface area (Å²) in [5.41, 5.74) is 6.91. The van der Waals surface area contributed by atoms with Crippen LogP contribution in [0.15, 0.2) is 6.07 Å². The van der Waals surface area contributed by atoms with Crippen molar-refractivity contribution >= 4 is 5.69 Å². The molecule has 0 aromatic carbocycles. The van der Waals surface area contributed by atoms with Gasteiger partial charge in [-0.1, -0.05) is 13.8 Å². The molecule has 0 bridgehead atoms. The second kappa shape index (κ2) is 6.92. The molecule has 5 heteroatoms. The lowest BCUT2D eigenvalue weighted by Crippen LogP contribution is -2.13. The van der Waals surface area contributed by atoms with Gasteiger partial charge in [0.15, 0.2) is 0 Å². The molecular weight excluding hydrogens is 230 g/mol. The van der Waals surface area contributed by atoms with Crippen molar-refractivity contribution in [2.45, 2.75) is 27.3 Å². The Bertz CT molecular complexity index is 419. The molecule has 0 unspecified atom stereocenters. The summed E-state index contributed by atoms with van der Waals surface area (Å²) < 4.78 is 12.6. The van der Waals surface area contributed by atoms with Crippen LogP contribution < -0.4 is 10.5 Å². The number of ether oxygens (including phenoxy) is 2. The van der Waals surface area contributed by atoms with Crippen molar-refractivity contribution in [3.8, 4) is 11.9 Å². The Labute approximate surface area is 108 Å². The van der Waals surface area contributed by atoms with Gasteiger partial charge < -0.3 is 19.8 Å². The third kappa shape index (κ3) is 3.67. The third-order valence-electron chi connectivity index (χ3n) is 2.41. The highest BCUT2D eigenvalue weighted by molar-refractivity contribution is 5.55. The summed E-state index contributed by atoms with van der Waals surface area (Å²) in [5, 5.41) is 9.07. The van der Waals surface area contributed by atoms with Crippen LogP contribution in [-0.2, 0) is 11.3 Å². The highest BCUT2D eigenvalue weighted by Crippen LogP contribution is 2.27. The van der Waals surface area contributed by atoms with Crippen LogP contribution in [0.5, 0.6) is 5.88 Å². The molecule has 1 aromatic rings. The second-order valence-electron chi connectivity index (χ2n) is 4.45. The minimum absolute atomic E-state index is 0.415. The summed E-state index contributed by atoms with van der Waals surface area (Å²) in [6.07, 6.45) is 0. The third-order valence-corrected chi connectivity index (χ3v) is 2.41. The average Bonchev–Trinajstić information content (AvgIpc) is 2.61. The maximum Gasteiger partial charge on any atom is 0.218 e. The second-order valence-corrected chi connectivity index (χ2v) is 4.45. The first-order valence-electron chi connectivity index (χ1n) is 6.19. The molecule has 2 N–H and O–H groups in total. The van der Waals surface area contributed by atoms with E-state index in [9.17, 15) is 0 Å². The molecule has 0 aliphatic heterocycles. The van der Waals surface area contributed by atoms with Crippen LogP contribution in [0.1, 0.15) is 26.5 Å². The lowest BCUT2D eigenvalue weighted by molar-refractivity contribution is 0.106. The molecule has 0 amide bonds. The molecule has 0 aliphatic rings. The van der Waals surface area contributed by atoms with Gasteiger partial charge in [0.25, 0.3) is 0 Å². The van der Waals surface area contributed by atoms with Crippen LogP contribution in [0.4, 0.5) is 5.69 Å². The van der Waals surface area contributed by atoms with Crippen LogP contribution in [0.3, 0.4) is 0 Å². The van der Waals surface area contributed by atoms with Crippen LogP contribution in [0, 0.1) is 17.2 Å². The zero-order chi connectivity index (χ0) is 13.5. The molecule has 0 radical (unpaired) electrons. The van der Waals surface area contributed by atoms with E-state index in [0.717, 1.165) is 0 Å². The molecule has 0 atom stereocenters. The first-order chi connectivity index (χ1) is 8.60. The van der Waals surface area contributed by atoms with E-state index in [-0.39, 0.29) is 0 Å². The van der Waals surface area contributed by atoms with Crippen molar-refractivity contribution in [3.63, 3.8) is 0 Å². The van der Waals surface area contributed by atoms with Gasteiger partial charge >= 0.3 is 0 Å². The Kier molecular flexibility index (Phi) is 5.53. The summed E-state index contributed by atoms with van der Waals surface area (Å²) in [6.45, 7) is 8.43. The van der Waals surface area contributed by atoms with Gasteiger partial charge in [0.1, 0.15) is 18.4 Å². The molecule has 1 aromatic heterocycles. The number of nitrogens with zero attached hydrogens (tertiary/aromatic N) is 2. The van der Waals surface area contributed by atoms with Crippen molar-refractivity contribution in [3.05, 3.63) is 11.8 Å². The van der Waals surface area contributed by atoms with Gasteiger partial charge in [-0.05, 0) is 12.8 Å². The first-order valence-corrected chi connectivity index (χ1v) is 6.19. The van der Waals surface area contributed by atoms with Crippen LogP contribution >= 0.6 is 0 Å². The van der Waals surface area contributed by atoms with Crippen molar-refractivity contribution in [1.29, 1.82) is 5.26 Å². The Morgan fingerprint density at radius 2 is 2.17 bits per heavy atom. The van der Waals surface area contributed by atoms with Gasteiger partial charge in [-0.3, -0.25) is 0 Å². The van der Waals surface area contributed by atoms with E-state index in [2.05, 4.69) is 19.9 Å². The van der Waals surface area contributed by atoms with E-state index in [4.69, 9.17) is 20.5 Å². The number of nitrogens with two attached hydrogens (primary N) is 1. The van der Waals surface area contributed by atoms with Crippen molar-refractivity contribution in [1.82, 2.24) is 4.57 Å². The molecule has 1 rings (SSSR count). The first kappa shape index (κ1) is 14.4. The molecule has 100 valence electrons. The maximum atomic E-state index is 9.07. The summed E-state index contributed by atoms with van der Waals surface area (Å²) in [5.74, 6) is 0.984. The number of hydrogen-bond acceptors (Lipinski definition) is 4. The Morgan fingerprint density at radius 1 is 1.44 bits per heavy atom. The summed E-state index contributed by atoms with van der Waals surface area (Å²) in [4.78, 5) is 0. The Hall–Kier alpha value is -1.67. The minimum atomic E-state index is 0.415. The number of nitrogen functional groups attached to an aromatic ring is 1. The van der Waals surface area contributed by atoms with Gasteiger partial charge in [-0.15, -0.1) is 0 Å². The molecular formula is C13H21N3O2. The Balaban J connectivity index is 2.81. The predicted molar refractivity (Wildman–Crippen MR) is 70.4 cm³/mol. The summed E-state index contributed by atoms with van der Waals surface area (Å²) >= 11 is 0. The van der Waals surface area contributed by atoms with E-state index in [1.807, 2.05) is 11.5 Å². The van der Waals surface area contributed by atoms with E-state index < -0.39 is 0 Å². The molecule has 0 fully saturated rings. The SMILES string of the molecule is CCOCCOc1c(N)cc(C#N)n1CC(C)C. The van der Waals surface area contributed by atoms with Crippen LogP contribution in [0.25, 0.3) is 0 Å². The van der Waals surface area contributed by atoms with Gasteiger partial charge in [0, 0.05) is 19.2 Å². The van der Waals surface area contributed by atoms with Crippen molar-refractivity contribution < 1.29 is 9.47 Å². The topological polar surface area (TPSA) is 73.2 Å². The van der Waals surface area contributed by atoms with Crippen molar-refractivity contribution in [2.24, 2.45) is 5.92 Å². The van der Waals surface area contributed by atoms with Gasteiger partial charge in [-0.25, -0.2) is 0 Å². The normalized spacial score (nSPS) is 10.6. The van der Waals surface area contributed by atoms with E-state index in [0.29, 0.717) is 49.5 Å². The van der Waals surface area contributed by atoms with E-state index in [1.165, 1.54) is 0 Å². The highest BCUT2D eigenvalue weighted by Gasteiger charge is 2.15. The molecule has 18 heavy (non-hydrogen) atoms. The van der Waals surface area contributed by atoms with E-state index in [1.54, 1.807) is 6.07 Å². The zero-order valence-corrected chi connectivity index (χ0v) is 11.3. The average molecular weight is 251 g/mol. The lowest BCUT2D eigenvalue weighted by atomic mass is 10.2. The number of aromatic nitrogens is 1. The molecule has 0 spiro atoms. The van der Waals surface area contributed by atoms with Crippen LogP contribution in [-0.4, -0.2) is 24.4 Å². The fraction of sp³-hybridized carbons (Fsp3) is 0.615. The van der Waals surface area contributed by atoms with Gasteiger partial charge in [0.05, 0.1) is 12.3 Å². The maximum absolute atomic E-state index is 9.07. The number of hydrogen-bond donors (Lipinski definition) is 1. The molecule has 1 heterocycles. The summed E-state index contributed by atoms with van der Waals surface area (Å²) in [7, 11) is 0. The molecule has 0 saturated carbocycles. The standard InChI is InChI=1S/C13H21N3O2/c1-4-17-5-6-18-13-12(15)7-11(8-14)16(13)9-10(2)3/h7,10H,4-6,9,15H2,1-3H3. The minimum Gasteiger partial charge on any atom is -0.475 e. The summed E-state index contributed by atoms with van der Waals surface area (Å²) in [6, 6.07) is 3.79. The smallest absolute Gasteiger partial charge is 0.218 e. The fourth-order valence-electron chi connectivity index (χ4n) is 1.69. The highest BCUT2D eigenvalue weighted by atomic mass is 16.5. The molecule has 0 saturated heterocycles. The van der Waals surface area contributed by atoms with E-state index >= 15 is 0 Å². The largest absolute Gasteiger partial charge is 0.475 e. The Morgan fingerprint density at radius 3 is 2.72 bits per heavy atom. The monoisotopic (exact) mass is 251 g/mol. The molecule has 5 nitrogen and oxygen atoms in total. The number of rotatable bonds is 7. The molecule has 0 aliphatic carbocycles.